The number of halogens is 5. The van der Waals surface area contributed by atoms with Crippen molar-refractivity contribution in [2.45, 2.75) is 19.3 Å². The summed E-state index contributed by atoms with van der Waals surface area (Å²) in [4.78, 5) is 5.00. The Morgan fingerprint density at radius 2 is 1.68 bits per heavy atom. The van der Waals surface area contributed by atoms with Crippen LogP contribution < -0.4 is 9.47 Å². The van der Waals surface area contributed by atoms with Crippen LogP contribution in [0, 0.1) is 0 Å². The van der Waals surface area contributed by atoms with Crippen molar-refractivity contribution >= 4 is 64.2 Å². The van der Waals surface area contributed by atoms with Crippen molar-refractivity contribution in [1.29, 1.82) is 0 Å². The highest BCUT2D eigenvalue weighted by molar-refractivity contribution is 6.55. The van der Waals surface area contributed by atoms with E-state index in [0.29, 0.717) is 40.6 Å². The molecule has 0 radical (unpaired) electrons. The molecule has 140 valence electrons. The highest BCUT2D eigenvalue weighted by Crippen LogP contribution is 2.37. The van der Waals surface area contributed by atoms with Crippen LogP contribution in [0.2, 0.25) is 10.0 Å². The predicted molar refractivity (Wildman–Crippen MR) is 106 cm³/mol. The Hall–Kier alpha value is -0.520. The van der Waals surface area contributed by atoms with E-state index >= 15 is 0 Å². The lowest BCUT2D eigenvalue weighted by atomic mass is 10.2. The molecule has 0 bridgehead atoms. The second-order valence-corrected chi connectivity index (χ2v) is 6.84. The third-order valence-electron chi connectivity index (χ3n) is 2.80. The van der Waals surface area contributed by atoms with Gasteiger partial charge in [0.15, 0.2) is 5.75 Å². The Bertz CT molecular complexity index is 554. The van der Waals surface area contributed by atoms with Gasteiger partial charge in [0, 0.05) is 12.1 Å². The molecule has 25 heavy (non-hydrogen) atoms. The largest absolute Gasteiger partial charge is 0.490 e. The minimum absolute atomic E-state index is 0.133. The van der Waals surface area contributed by atoms with E-state index in [9.17, 15) is 0 Å². The van der Waals surface area contributed by atoms with Crippen LogP contribution in [0.15, 0.2) is 27.9 Å². The predicted octanol–water partition coefficient (Wildman–Crippen LogP) is 6.48. The lowest BCUT2D eigenvalue weighted by Gasteiger charge is -2.12. The van der Waals surface area contributed by atoms with Gasteiger partial charge in [0.25, 0.3) is 0 Å². The van der Waals surface area contributed by atoms with Crippen molar-refractivity contribution in [3.63, 3.8) is 0 Å². The van der Waals surface area contributed by atoms with Gasteiger partial charge in [0.1, 0.15) is 23.5 Å². The van der Waals surface area contributed by atoms with Gasteiger partial charge >= 0.3 is 0 Å². The van der Waals surface area contributed by atoms with Crippen molar-refractivity contribution in [3.05, 3.63) is 32.7 Å². The summed E-state index contributed by atoms with van der Waals surface area (Å²) in [7, 11) is 0. The first-order valence-corrected chi connectivity index (χ1v) is 9.54. The van der Waals surface area contributed by atoms with Crippen LogP contribution in [-0.4, -0.2) is 31.9 Å². The summed E-state index contributed by atoms with van der Waals surface area (Å²) < 4.78 is 11.2. The van der Waals surface area contributed by atoms with Crippen LogP contribution in [0.1, 0.15) is 19.3 Å². The summed E-state index contributed by atoms with van der Waals surface area (Å²) in [6, 6.07) is 3.25. The highest BCUT2D eigenvalue weighted by atomic mass is 35.5. The molecule has 0 aromatic heterocycles. The Morgan fingerprint density at radius 1 is 1.00 bits per heavy atom. The lowest BCUT2D eigenvalue weighted by Crippen LogP contribution is -2.00. The maximum atomic E-state index is 6.18. The molecular weight excluding hydrogens is 431 g/mol. The van der Waals surface area contributed by atoms with Gasteiger partial charge in [0.2, 0.25) is 0 Å². The van der Waals surface area contributed by atoms with E-state index in [1.807, 2.05) is 0 Å². The van der Waals surface area contributed by atoms with E-state index in [4.69, 9.17) is 72.3 Å². The number of ether oxygens (including phenoxy) is 2. The van der Waals surface area contributed by atoms with E-state index in [0.717, 1.165) is 19.3 Å². The molecule has 0 aliphatic carbocycles. The molecule has 1 rings (SSSR count). The average molecular weight is 450 g/mol. The molecule has 0 spiro atoms. The number of nitrogens with zero attached hydrogens (tertiary/aromatic N) is 1. The number of oxime groups is 1. The monoisotopic (exact) mass is 447 g/mol. The molecule has 4 nitrogen and oxygen atoms in total. The molecule has 0 fully saturated rings. The number of hydrogen-bond acceptors (Lipinski definition) is 4. The van der Waals surface area contributed by atoms with Gasteiger partial charge < -0.3 is 14.3 Å². The first kappa shape index (κ1) is 22.5. The smallest absolute Gasteiger partial charge is 0.156 e. The molecule has 0 saturated heterocycles. The molecule has 0 unspecified atom stereocenters. The summed E-state index contributed by atoms with van der Waals surface area (Å²) in [6.45, 7) is 1.25. The SMILES string of the molecule is ClC/C=N/OCCCCCOc1c(Cl)cc(OCC=C(Cl)Cl)cc1Cl. The summed E-state index contributed by atoms with van der Waals surface area (Å²) in [5.41, 5.74) is 0. The van der Waals surface area contributed by atoms with Crippen LogP contribution in [0.25, 0.3) is 0 Å². The zero-order valence-electron chi connectivity index (χ0n) is 13.3. The summed E-state index contributed by atoms with van der Waals surface area (Å²) in [5.74, 6) is 1.28. The van der Waals surface area contributed by atoms with Crippen molar-refractivity contribution in [1.82, 2.24) is 0 Å². The molecule has 0 amide bonds. The maximum Gasteiger partial charge on any atom is 0.156 e. The number of hydrogen-bond donors (Lipinski definition) is 0. The molecule has 0 saturated carbocycles. The van der Waals surface area contributed by atoms with Gasteiger partial charge in [-0.3, -0.25) is 0 Å². The Labute approximate surface area is 172 Å². The third kappa shape index (κ3) is 10.3. The van der Waals surface area contributed by atoms with E-state index in [-0.39, 0.29) is 11.1 Å². The van der Waals surface area contributed by atoms with E-state index < -0.39 is 0 Å². The fraction of sp³-hybridized carbons (Fsp3) is 0.438. The number of alkyl halides is 1. The number of benzene rings is 1. The summed E-state index contributed by atoms with van der Waals surface area (Å²) >= 11 is 28.8. The third-order valence-corrected chi connectivity index (χ3v) is 3.81. The molecule has 1 aromatic carbocycles. The highest BCUT2D eigenvalue weighted by Gasteiger charge is 2.10. The first-order chi connectivity index (χ1) is 12.0. The summed E-state index contributed by atoms with van der Waals surface area (Å²) in [5, 5.41) is 4.42. The van der Waals surface area contributed by atoms with Gasteiger partial charge in [-0.05, 0) is 25.3 Å². The normalized spacial score (nSPS) is 10.8. The Morgan fingerprint density at radius 3 is 2.32 bits per heavy atom. The molecule has 0 heterocycles. The Balaban J connectivity index is 2.34. The topological polar surface area (TPSA) is 40.0 Å². The number of unbranched alkanes of at least 4 members (excludes halogenated alkanes) is 2. The van der Waals surface area contributed by atoms with E-state index in [1.54, 1.807) is 12.1 Å². The van der Waals surface area contributed by atoms with Crippen LogP contribution in [0.4, 0.5) is 0 Å². The average Bonchev–Trinajstić information content (AvgIpc) is 2.55. The van der Waals surface area contributed by atoms with Gasteiger partial charge in [-0.1, -0.05) is 51.6 Å². The minimum Gasteiger partial charge on any atom is -0.490 e. The van der Waals surface area contributed by atoms with Gasteiger partial charge in [-0.25, -0.2) is 0 Å². The Kier molecular flexibility index (Phi) is 12.3. The molecular formula is C16H18Cl5NO3. The fourth-order valence-corrected chi connectivity index (χ4v) is 2.47. The zero-order chi connectivity index (χ0) is 18.5. The zero-order valence-corrected chi connectivity index (χ0v) is 17.1. The minimum atomic E-state index is 0.133. The van der Waals surface area contributed by atoms with E-state index in [1.165, 1.54) is 12.3 Å². The standard InChI is InChI=1S/C16H18Cl5NO3/c17-5-6-22-25-8-3-1-2-7-24-16-13(18)10-12(11-14(16)19)23-9-4-15(20)21/h4,6,10-11H,1-3,5,7-9H2/b22-6+. The van der Waals surface area contributed by atoms with Crippen molar-refractivity contribution in [3.8, 4) is 11.5 Å². The second-order valence-electron chi connectivity index (χ2n) is 4.71. The molecule has 1 aromatic rings. The lowest BCUT2D eigenvalue weighted by molar-refractivity contribution is 0.139. The number of rotatable bonds is 12. The summed E-state index contributed by atoms with van der Waals surface area (Å²) in [6.07, 6.45) is 5.65. The van der Waals surface area contributed by atoms with Crippen LogP contribution >= 0.6 is 58.0 Å². The van der Waals surface area contributed by atoms with Crippen LogP contribution in [-0.2, 0) is 4.84 Å². The quantitative estimate of drug-likeness (QED) is 0.159. The van der Waals surface area contributed by atoms with Crippen molar-refractivity contribution < 1.29 is 14.3 Å². The molecule has 0 N–H and O–H groups in total. The second kappa shape index (κ2) is 13.7. The molecule has 0 aliphatic rings. The van der Waals surface area contributed by atoms with Crippen molar-refractivity contribution in [2.24, 2.45) is 5.16 Å². The molecule has 9 heteroatoms. The fourth-order valence-electron chi connectivity index (χ4n) is 1.71. The van der Waals surface area contributed by atoms with Crippen LogP contribution in [0.3, 0.4) is 0 Å². The first-order valence-electron chi connectivity index (χ1n) is 7.50. The molecule has 0 aliphatic heterocycles. The maximum absolute atomic E-state index is 6.18. The van der Waals surface area contributed by atoms with Crippen molar-refractivity contribution in [2.75, 3.05) is 25.7 Å². The van der Waals surface area contributed by atoms with Gasteiger partial charge in [-0.2, -0.15) is 0 Å². The van der Waals surface area contributed by atoms with Gasteiger partial charge in [-0.15, -0.1) is 11.6 Å². The molecule has 0 atom stereocenters. The van der Waals surface area contributed by atoms with E-state index in [2.05, 4.69) is 5.16 Å². The van der Waals surface area contributed by atoms with Gasteiger partial charge in [0.05, 0.1) is 28.7 Å². The van der Waals surface area contributed by atoms with Crippen LogP contribution in [0.5, 0.6) is 11.5 Å².